The van der Waals surface area contributed by atoms with Gasteiger partial charge in [0.1, 0.15) is 11.4 Å². The Morgan fingerprint density at radius 2 is 1.43 bits per heavy atom. The van der Waals surface area contributed by atoms with Gasteiger partial charge in [0.25, 0.3) is 0 Å². The second-order valence-electron chi connectivity index (χ2n) is 8.30. The van der Waals surface area contributed by atoms with Crippen LogP contribution in [0.1, 0.15) is 38.5 Å². The molecule has 23 heavy (non-hydrogen) atoms. The van der Waals surface area contributed by atoms with Gasteiger partial charge in [0.15, 0.2) is 0 Å². The number of rotatable bonds is 3. The minimum absolute atomic E-state index is 0.162. The second-order valence-corrected chi connectivity index (χ2v) is 8.30. The van der Waals surface area contributed by atoms with Crippen molar-refractivity contribution in [3.8, 4) is 5.75 Å². The van der Waals surface area contributed by atoms with Crippen molar-refractivity contribution in [3.63, 3.8) is 0 Å². The highest BCUT2D eigenvalue weighted by Crippen LogP contribution is 2.57. The zero-order valence-electron chi connectivity index (χ0n) is 13.9. The second kappa shape index (κ2) is 5.41. The van der Waals surface area contributed by atoms with Crippen LogP contribution in [-0.4, -0.2) is 31.9 Å². The topological polar surface area (TPSA) is 21.7 Å². The first-order valence-corrected chi connectivity index (χ1v) is 9.40. The number of hydrogen-bond acceptors (Lipinski definition) is 3. The third-order valence-corrected chi connectivity index (χ3v) is 6.53. The van der Waals surface area contributed by atoms with Gasteiger partial charge in [0.05, 0.1) is 13.2 Å². The third-order valence-electron chi connectivity index (χ3n) is 6.53. The molecule has 1 aromatic carbocycles. The van der Waals surface area contributed by atoms with E-state index in [0.717, 1.165) is 49.8 Å². The van der Waals surface area contributed by atoms with Crippen molar-refractivity contribution < 1.29 is 9.47 Å². The summed E-state index contributed by atoms with van der Waals surface area (Å²) in [6.07, 6.45) is 8.30. The number of ether oxygens (including phenoxy) is 2. The highest BCUT2D eigenvalue weighted by Gasteiger charge is 2.52. The normalized spacial score (nSPS) is 38.8. The minimum atomic E-state index is 0.162. The number of nitrogens with zero attached hydrogens (tertiary/aromatic N) is 1. The first kappa shape index (κ1) is 14.2. The molecule has 6 rings (SSSR count). The molecule has 1 heterocycles. The molecule has 0 aromatic heterocycles. The van der Waals surface area contributed by atoms with Gasteiger partial charge in [-0.3, -0.25) is 0 Å². The van der Waals surface area contributed by atoms with Crippen LogP contribution in [0.3, 0.4) is 0 Å². The number of benzene rings is 1. The fraction of sp³-hybridized carbons (Fsp3) is 0.700. The van der Waals surface area contributed by atoms with E-state index in [9.17, 15) is 0 Å². The molecular formula is C20H27NO2. The van der Waals surface area contributed by atoms with Crippen LogP contribution in [0.25, 0.3) is 0 Å². The third kappa shape index (κ3) is 2.63. The van der Waals surface area contributed by atoms with Crippen LogP contribution in [-0.2, 0) is 4.74 Å². The highest BCUT2D eigenvalue weighted by molar-refractivity contribution is 5.49. The molecule has 0 spiro atoms. The summed E-state index contributed by atoms with van der Waals surface area (Å²) in [5.41, 5.74) is 1.46. The smallest absolute Gasteiger partial charge is 0.120 e. The van der Waals surface area contributed by atoms with E-state index < -0.39 is 0 Å². The molecule has 5 fully saturated rings. The molecule has 0 atom stereocenters. The first-order chi connectivity index (χ1) is 11.3. The number of morpholine rings is 1. The molecule has 0 radical (unpaired) electrons. The summed E-state index contributed by atoms with van der Waals surface area (Å²) in [7, 11) is 0. The van der Waals surface area contributed by atoms with Crippen molar-refractivity contribution >= 4 is 5.69 Å². The lowest BCUT2D eigenvalue weighted by Gasteiger charge is -2.56. The van der Waals surface area contributed by atoms with Gasteiger partial charge in [-0.15, -0.1) is 0 Å². The van der Waals surface area contributed by atoms with Gasteiger partial charge in [-0.25, -0.2) is 0 Å². The van der Waals surface area contributed by atoms with Crippen LogP contribution < -0.4 is 9.64 Å². The quantitative estimate of drug-likeness (QED) is 0.845. The van der Waals surface area contributed by atoms with Crippen LogP contribution in [0, 0.1) is 17.8 Å². The zero-order chi connectivity index (χ0) is 15.3. The van der Waals surface area contributed by atoms with Crippen molar-refractivity contribution in [3.05, 3.63) is 24.3 Å². The summed E-state index contributed by atoms with van der Waals surface area (Å²) in [6.45, 7) is 3.67. The van der Waals surface area contributed by atoms with Crippen molar-refractivity contribution in [2.45, 2.75) is 44.1 Å². The maximum absolute atomic E-state index is 6.61. The fourth-order valence-corrected chi connectivity index (χ4v) is 5.95. The minimum Gasteiger partial charge on any atom is -0.487 e. The van der Waals surface area contributed by atoms with E-state index in [1.165, 1.54) is 44.2 Å². The lowest BCUT2D eigenvalue weighted by Crippen LogP contribution is -2.53. The van der Waals surface area contributed by atoms with E-state index in [2.05, 4.69) is 29.2 Å². The predicted molar refractivity (Wildman–Crippen MR) is 91.0 cm³/mol. The van der Waals surface area contributed by atoms with Crippen LogP contribution in [0.15, 0.2) is 24.3 Å². The SMILES string of the molecule is c1cc(N2CCOCC2)ccc1OC12CC3CC(CC(C3)C1)C2. The van der Waals surface area contributed by atoms with Crippen molar-refractivity contribution in [2.75, 3.05) is 31.2 Å². The van der Waals surface area contributed by atoms with Gasteiger partial charge in [-0.05, 0) is 80.5 Å². The van der Waals surface area contributed by atoms with E-state index in [-0.39, 0.29) is 5.60 Å². The Balaban J connectivity index is 1.31. The van der Waals surface area contributed by atoms with Gasteiger partial charge < -0.3 is 14.4 Å². The Hall–Kier alpha value is -1.22. The maximum atomic E-state index is 6.61. The molecule has 124 valence electrons. The van der Waals surface area contributed by atoms with Gasteiger partial charge >= 0.3 is 0 Å². The molecule has 0 unspecified atom stereocenters. The Morgan fingerprint density at radius 1 is 0.870 bits per heavy atom. The summed E-state index contributed by atoms with van der Waals surface area (Å²) < 4.78 is 12.1. The average molecular weight is 313 g/mol. The summed E-state index contributed by atoms with van der Waals surface area (Å²) in [4.78, 5) is 2.40. The molecule has 3 nitrogen and oxygen atoms in total. The largest absolute Gasteiger partial charge is 0.487 e. The van der Waals surface area contributed by atoms with E-state index in [1.807, 2.05) is 0 Å². The number of hydrogen-bond donors (Lipinski definition) is 0. The van der Waals surface area contributed by atoms with Gasteiger partial charge in [0, 0.05) is 18.8 Å². The predicted octanol–water partition coefficient (Wildman–Crippen LogP) is 3.87. The molecule has 0 N–H and O–H groups in total. The molecule has 1 aromatic rings. The Morgan fingerprint density at radius 3 is 2.00 bits per heavy atom. The van der Waals surface area contributed by atoms with Crippen molar-refractivity contribution in [1.82, 2.24) is 0 Å². The molecular weight excluding hydrogens is 286 g/mol. The van der Waals surface area contributed by atoms with Crippen LogP contribution >= 0.6 is 0 Å². The first-order valence-electron chi connectivity index (χ1n) is 9.40. The van der Waals surface area contributed by atoms with Gasteiger partial charge in [-0.1, -0.05) is 0 Å². The van der Waals surface area contributed by atoms with E-state index >= 15 is 0 Å². The molecule has 4 bridgehead atoms. The lowest BCUT2D eigenvalue weighted by atomic mass is 9.54. The summed E-state index contributed by atoms with van der Waals surface area (Å²) >= 11 is 0. The highest BCUT2D eigenvalue weighted by atomic mass is 16.5. The Kier molecular flexibility index (Phi) is 3.33. The monoisotopic (exact) mass is 313 g/mol. The Bertz CT molecular complexity index is 526. The van der Waals surface area contributed by atoms with E-state index in [4.69, 9.17) is 9.47 Å². The van der Waals surface area contributed by atoms with Crippen molar-refractivity contribution in [2.24, 2.45) is 17.8 Å². The zero-order valence-corrected chi connectivity index (χ0v) is 13.9. The lowest BCUT2D eigenvalue weighted by molar-refractivity contribution is -0.107. The summed E-state index contributed by atoms with van der Waals surface area (Å²) in [5, 5.41) is 0. The molecule has 1 saturated heterocycles. The van der Waals surface area contributed by atoms with Crippen molar-refractivity contribution in [1.29, 1.82) is 0 Å². The average Bonchev–Trinajstić information content (AvgIpc) is 2.55. The van der Waals surface area contributed by atoms with Gasteiger partial charge in [-0.2, -0.15) is 0 Å². The Labute approximate surface area is 139 Å². The molecule has 0 amide bonds. The van der Waals surface area contributed by atoms with Gasteiger partial charge in [0.2, 0.25) is 0 Å². The fourth-order valence-electron chi connectivity index (χ4n) is 5.95. The molecule has 4 aliphatic carbocycles. The molecule has 5 aliphatic rings. The van der Waals surface area contributed by atoms with Crippen LogP contribution in [0.2, 0.25) is 0 Å². The maximum Gasteiger partial charge on any atom is 0.120 e. The molecule has 4 saturated carbocycles. The van der Waals surface area contributed by atoms with Crippen LogP contribution in [0.4, 0.5) is 5.69 Å². The van der Waals surface area contributed by atoms with Crippen LogP contribution in [0.5, 0.6) is 5.75 Å². The summed E-state index contributed by atoms with van der Waals surface area (Å²) in [6, 6.07) is 8.81. The van der Waals surface area contributed by atoms with E-state index in [0.29, 0.717) is 0 Å². The standard InChI is InChI=1S/C20H27NO2/c1-3-19(4-2-18(1)21-5-7-22-8-6-21)23-20-12-15-9-16(13-20)11-17(10-15)14-20/h1-4,15-17H,5-14H2. The molecule has 1 aliphatic heterocycles. The number of anilines is 1. The van der Waals surface area contributed by atoms with E-state index in [1.54, 1.807) is 0 Å². The molecule has 3 heteroatoms. The summed E-state index contributed by atoms with van der Waals surface area (Å²) in [5.74, 6) is 3.89.